The fourth-order valence-electron chi connectivity index (χ4n) is 3.80. The fraction of sp³-hybridized carbons (Fsp3) is 0.435. The van der Waals surface area contributed by atoms with Gasteiger partial charge in [0, 0.05) is 52.2 Å². The van der Waals surface area contributed by atoms with Gasteiger partial charge in [-0.25, -0.2) is 4.98 Å². The average Bonchev–Trinajstić information content (AvgIpc) is 3.46. The lowest BCUT2D eigenvalue weighted by atomic mass is 10.1. The first-order valence-corrected chi connectivity index (χ1v) is 11.0. The van der Waals surface area contributed by atoms with Crippen LogP contribution in [-0.4, -0.2) is 70.2 Å². The molecule has 164 valence electrons. The molecule has 0 spiro atoms. The zero-order valence-electron chi connectivity index (χ0n) is 18.3. The van der Waals surface area contributed by atoms with E-state index in [9.17, 15) is 0 Å². The lowest BCUT2D eigenvalue weighted by molar-refractivity contribution is 0.172. The Balaban J connectivity index is 1.29. The molecule has 0 amide bonds. The van der Waals surface area contributed by atoms with Gasteiger partial charge in [-0.15, -0.1) is 0 Å². The molecule has 2 aromatic heterocycles. The molecule has 1 aromatic carbocycles. The molecule has 3 aromatic rings. The van der Waals surface area contributed by atoms with Gasteiger partial charge in [0.15, 0.2) is 11.7 Å². The molecule has 1 saturated heterocycles. The molecule has 3 heterocycles. The number of aryl methyl sites for hydroxylation is 1. The molecule has 31 heavy (non-hydrogen) atoms. The summed E-state index contributed by atoms with van der Waals surface area (Å²) in [5.41, 5.74) is 2.70. The van der Waals surface area contributed by atoms with Gasteiger partial charge in [0.2, 0.25) is 5.82 Å². The molecule has 0 aliphatic carbocycles. The number of H-pyrrole nitrogens is 1. The Morgan fingerprint density at radius 1 is 1.19 bits per heavy atom. The minimum absolute atomic E-state index is 0.584. The molecule has 2 N–H and O–H groups in total. The Morgan fingerprint density at radius 3 is 2.81 bits per heavy atom. The van der Waals surface area contributed by atoms with Crippen LogP contribution in [0.1, 0.15) is 23.9 Å². The van der Waals surface area contributed by atoms with Gasteiger partial charge in [-0.2, -0.15) is 5.10 Å². The maximum atomic E-state index is 5.35. The second kappa shape index (κ2) is 10.3. The second-order valence-electron chi connectivity index (χ2n) is 7.82. The Hall–Kier alpha value is -3.13. The quantitative estimate of drug-likeness (QED) is 0.451. The number of hydrogen-bond donors (Lipinski definition) is 2. The van der Waals surface area contributed by atoms with E-state index in [2.05, 4.69) is 68.4 Å². The van der Waals surface area contributed by atoms with Crippen molar-refractivity contribution in [2.45, 2.75) is 26.8 Å². The fourth-order valence-corrected chi connectivity index (χ4v) is 3.80. The van der Waals surface area contributed by atoms with Crippen molar-refractivity contribution in [1.82, 2.24) is 30.3 Å². The highest BCUT2D eigenvalue weighted by Gasteiger charge is 2.19. The summed E-state index contributed by atoms with van der Waals surface area (Å²) in [5, 5.41) is 10.6. The van der Waals surface area contributed by atoms with Crippen molar-refractivity contribution in [3.05, 3.63) is 59.6 Å². The Labute approximate surface area is 183 Å². The van der Waals surface area contributed by atoms with Gasteiger partial charge in [-0.1, -0.05) is 29.8 Å². The van der Waals surface area contributed by atoms with Gasteiger partial charge < -0.3 is 14.6 Å². The summed E-state index contributed by atoms with van der Waals surface area (Å²) in [6.07, 6.45) is 2.33. The van der Waals surface area contributed by atoms with Crippen molar-refractivity contribution in [3.63, 3.8) is 0 Å². The number of furan rings is 1. The Kier molecular flexibility index (Phi) is 6.99. The van der Waals surface area contributed by atoms with Crippen molar-refractivity contribution in [3.8, 4) is 11.6 Å². The van der Waals surface area contributed by atoms with Crippen molar-refractivity contribution in [2.24, 2.45) is 4.99 Å². The largest absolute Gasteiger partial charge is 0.461 e. The van der Waals surface area contributed by atoms with E-state index in [1.165, 1.54) is 11.1 Å². The van der Waals surface area contributed by atoms with E-state index in [0.29, 0.717) is 24.6 Å². The van der Waals surface area contributed by atoms with E-state index >= 15 is 0 Å². The minimum atomic E-state index is 0.584. The molecule has 0 atom stereocenters. The van der Waals surface area contributed by atoms with Crippen molar-refractivity contribution in [1.29, 1.82) is 0 Å². The summed E-state index contributed by atoms with van der Waals surface area (Å²) in [6, 6.07) is 12.5. The number of nitrogens with zero attached hydrogens (tertiary/aromatic N) is 5. The summed E-state index contributed by atoms with van der Waals surface area (Å²) in [7, 11) is 0. The summed E-state index contributed by atoms with van der Waals surface area (Å²) in [5.74, 6) is 3.04. The third-order valence-corrected chi connectivity index (χ3v) is 5.38. The monoisotopic (exact) mass is 421 g/mol. The molecule has 0 unspecified atom stereocenters. The average molecular weight is 422 g/mol. The first kappa shape index (κ1) is 21.1. The second-order valence-corrected chi connectivity index (χ2v) is 7.82. The van der Waals surface area contributed by atoms with E-state index in [-0.39, 0.29) is 0 Å². The first-order chi connectivity index (χ1) is 15.2. The van der Waals surface area contributed by atoms with Gasteiger partial charge >= 0.3 is 0 Å². The number of hydrogen-bond acceptors (Lipinski definition) is 5. The highest BCUT2D eigenvalue weighted by atomic mass is 16.3. The van der Waals surface area contributed by atoms with E-state index in [0.717, 1.165) is 51.1 Å². The molecule has 1 fully saturated rings. The Morgan fingerprint density at radius 2 is 2.06 bits per heavy atom. The SMILES string of the molecule is CCNC(=NCCc1nc(-c2ccco2)n[nH]1)N1CCN(Cc2cccc(C)c2)CC1. The van der Waals surface area contributed by atoms with Gasteiger partial charge in [-0.05, 0) is 31.5 Å². The number of aliphatic imine (C=N–C) groups is 1. The van der Waals surface area contributed by atoms with Crippen LogP contribution in [0.4, 0.5) is 0 Å². The topological polar surface area (TPSA) is 85.6 Å². The summed E-state index contributed by atoms with van der Waals surface area (Å²) in [4.78, 5) is 14.2. The smallest absolute Gasteiger partial charge is 0.216 e. The van der Waals surface area contributed by atoms with Crippen molar-refractivity contribution < 1.29 is 4.42 Å². The zero-order valence-corrected chi connectivity index (χ0v) is 18.3. The van der Waals surface area contributed by atoms with Gasteiger partial charge in [0.25, 0.3) is 0 Å². The van der Waals surface area contributed by atoms with Crippen LogP contribution in [0.15, 0.2) is 52.1 Å². The third-order valence-electron chi connectivity index (χ3n) is 5.38. The lowest BCUT2D eigenvalue weighted by Gasteiger charge is -2.36. The molecule has 0 radical (unpaired) electrons. The van der Waals surface area contributed by atoms with Crippen LogP contribution in [-0.2, 0) is 13.0 Å². The van der Waals surface area contributed by atoms with Crippen LogP contribution in [0.2, 0.25) is 0 Å². The number of rotatable bonds is 7. The summed E-state index contributed by atoms with van der Waals surface area (Å²) >= 11 is 0. The van der Waals surface area contributed by atoms with Gasteiger partial charge in [-0.3, -0.25) is 15.0 Å². The van der Waals surface area contributed by atoms with Crippen molar-refractivity contribution >= 4 is 5.96 Å². The van der Waals surface area contributed by atoms with Crippen LogP contribution < -0.4 is 5.32 Å². The van der Waals surface area contributed by atoms with Gasteiger partial charge in [0.1, 0.15) is 5.82 Å². The van der Waals surface area contributed by atoms with E-state index in [1.807, 2.05) is 12.1 Å². The predicted octanol–water partition coefficient (Wildman–Crippen LogP) is 2.70. The van der Waals surface area contributed by atoms with Gasteiger partial charge in [0.05, 0.1) is 6.26 Å². The lowest BCUT2D eigenvalue weighted by Crippen LogP contribution is -2.52. The highest BCUT2D eigenvalue weighted by Crippen LogP contribution is 2.14. The number of benzene rings is 1. The molecular weight excluding hydrogens is 390 g/mol. The molecular formula is C23H31N7O. The number of aromatic amines is 1. The molecule has 1 aliphatic heterocycles. The molecule has 0 saturated carbocycles. The van der Waals surface area contributed by atoms with Crippen LogP contribution in [0, 0.1) is 6.92 Å². The normalized spacial score (nSPS) is 15.4. The van der Waals surface area contributed by atoms with Crippen LogP contribution in [0.3, 0.4) is 0 Å². The van der Waals surface area contributed by atoms with E-state index < -0.39 is 0 Å². The summed E-state index contributed by atoms with van der Waals surface area (Å²) < 4.78 is 5.35. The number of nitrogens with one attached hydrogen (secondary N) is 2. The number of piperazine rings is 1. The molecule has 1 aliphatic rings. The summed E-state index contributed by atoms with van der Waals surface area (Å²) in [6.45, 7) is 10.8. The maximum Gasteiger partial charge on any atom is 0.216 e. The zero-order chi connectivity index (χ0) is 21.5. The van der Waals surface area contributed by atoms with Crippen molar-refractivity contribution in [2.75, 3.05) is 39.3 Å². The Bertz CT molecular complexity index is 971. The number of guanidine groups is 1. The molecule has 4 rings (SSSR count). The van der Waals surface area contributed by atoms with E-state index in [1.54, 1.807) is 6.26 Å². The van der Waals surface area contributed by atoms with Crippen LogP contribution in [0.25, 0.3) is 11.6 Å². The predicted molar refractivity (Wildman–Crippen MR) is 122 cm³/mol. The van der Waals surface area contributed by atoms with E-state index in [4.69, 9.17) is 9.41 Å². The van der Waals surface area contributed by atoms with Crippen LogP contribution >= 0.6 is 0 Å². The maximum absolute atomic E-state index is 5.35. The standard InChI is InChI=1S/C23H31N7O/c1-3-24-23(25-10-9-21-26-22(28-27-21)20-8-5-15-31-20)30-13-11-29(12-14-30)17-19-7-4-6-18(2)16-19/h4-8,15-16H,3,9-14,17H2,1-2H3,(H,24,25)(H,26,27,28). The highest BCUT2D eigenvalue weighted by molar-refractivity contribution is 5.80. The third kappa shape index (κ3) is 5.73. The molecule has 8 heteroatoms. The molecule has 0 bridgehead atoms. The number of aromatic nitrogens is 3. The minimum Gasteiger partial charge on any atom is -0.461 e. The first-order valence-electron chi connectivity index (χ1n) is 11.0. The molecule has 8 nitrogen and oxygen atoms in total. The van der Waals surface area contributed by atoms with Crippen LogP contribution in [0.5, 0.6) is 0 Å².